The van der Waals surface area contributed by atoms with Crippen LogP contribution < -0.4 is 5.73 Å². The summed E-state index contributed by atoms with van der Waals surface area (Å²) < 4.78 is 47.8. The van der Waals surface area contributed by atoms with Crippen LogP contribution in [0.1, 0.15) is 44.0 Å². The van der Waals surface area contributed by atoms with Gasteiger partial charge in [0.1, 0.15) is 11.6 Å². The van der Waals surface area contributed by atoms with Crippen molar-refractivity contribution in [1.29, 1.82) is 0 Å². The molecular weight excluding hydrogens is 407 g/mol. The average molecular weight is 433 g/mol. The van der Waals surface area contributed by atoms with E-state index in [1.54, 1.807) is 0 Å². The predicted molar refractivity (Wildman–Crippen MR) is 108 cm³/mol. The number of halogens is 3. The Bertz CT molecular complexity index is 1040. The number of hydrogen-bond donors (Lipinski definition) is 1. The molecule has 5 fully saturated rings. The number of nitrogen functional groups attached to an aromatic ring is 1. The number of nitrogens with zero attached hydrogens (tertiary/aromatic N) is 4. The highest BCUT2D eigenvalue weighted by Crippen LogP contribution is 2.84. The maximum atomic E-state index is 13.3. The number of hydrogen-bond acceptors (Lipinski definition) is 5. The fourth-order valence-electron chi connectivity index (χ4n) is 6.26. The van der Waals surface area contributed by atoms with Crippen molar-refractivity contribution in [3.8, 4) is 11.3 Å². The number of fused-ring (bicyclic) bond motifs is 1. The standard InChI is InChI=1S/C22H26F3N5O/c1-11(2)20-28-16(12-7-14(22(23,24)25)19(26)27-8-12)10-30(20)21-15-9-29(18(21)17(15)21)13-3-5-31-6-4-13/h7-8,10-11,13,15,17-18H,3-6,9H2,1-2H3,(H2,26,27)/t15-,17-,18?,21-/m0/s1. The van der Waals surface area contributed by atoms with E-state index in [-0.39, 0.29) is 11.5 Å². The van der Waals surface area contributed by atoms with E-state index in [1.165, 1.54) is 6.20 Å². The monoisotopic (exact) mass is 433 g/mol. The second kappa shape index (κ2) is 6.22. The van der Waals surface area contributed by atoms with Crippen molar-refractivity contribution in [1.82, 2.24) is 19.4 Å². The summed E-state index contributed by atoms with van der Waals surface area (Å²) in [6, 6.07) is 2.17. The minimum absolute atomic E-state index is 0.0806. The summed E-state index contributed by atoms with van der Waals surface area (Å²) in [4.78, 5) is 11.2. The molecule has 31 heavy (non-hydrogen) atoms. The maximum Gasteiger partial charge on any atom is 0.419 e. The largest absolute Gasteiger partial charge is 0.419 e. The van der Waals surface area contributed by atoms with Crippen LogP contribution in [0.5, 0.6) is 0 Å². The van der Waals surface area contributed by atoms with Crippen molar-refractivity contribution in [2.45, 2.75) is 56.4 Å². The van der Waals surface area contributed by atoms with Gasteiger partial charge in [0.05, 0.1) is 16.8 Å². The van der Waals surface area contributed by atoms with Crippen LogP contribution in [0.2, 0.25) is 0 Å². The average Bonchev–Trinajstić information content (AvgIpc) is 3.30. The third-order valence-corrected chi connectivity index (χ3v) is 7.77. The Morgan fingerprint density at radius 3 is 2.65 bits per heavy atom. The Kier molecular flexibility index (Phi) is 3.92. The van der Waals surface area contributed by atoms with E-state index >= 15 is 0 Å². The summed E-state index contributed by atoms with van der Waals surface area (Å²) in [5.74, 6) is 1.86. The van der Waals surface area contributed by atoms with Crippen molar-refractivity contribution in [3.63, 3.8) is 0 Å². The zero-order valence-electron chi connectivity index (χ0n) is 17.6. The molecule has 9 heteroatoms. The van der Waals surface area contributed by atoms with Crippen molar-refractivity contribution >= 4 is 5.82 Å². The van der Waals surface area contributed by atoms with Gasteiger partial charge in [-0.2, -0.15) is 13.2 Å². The van der Waals surface area contributed by atoms with Gasteiger partial charge in [0.25, 0.3) is 0 Å². The smallest absolute Gasteiger partial charge is 0.383 e. The van der Waals surface area contributed by atoms with Crippen LogP contribution in [0.25, 0.3) is 11.3 Å². The first kappa shape index (κ1) is 19.5. The van der Waals surface area contributed by atoms with Gasteiger partial charge in [-0.1, -0.05) is 13.8 Å². The van der Waals surface area contributed by atoms with Crippen molar-refractivity contribution in [3.05, 3.63) is 29.8 Å². The number of nitrogens with two attached hydrogens (primary N) is 1. The highest BCUT2D eigenvalue weighted by molar-refractivity contribution is 5.63. The predicted octanol–water partition coefficient (Wildman–Crippen LogP) is 3.49. The molecule has 3 aliphatic heterocycles. The molecule has 0 radical (unpaired) electrons. The molecule has 5 heterocycles. The van der Waals surface area contributed by atoms with Gasteiger partial charge < -0.3 is 15.0 Å². The Hall–Kier alpha value is -2.13. The lowest BCUT2D eigenvalue weighted by Gasteiger charge is -2.31. The third-order valence-electron chi connectivity index (χ3n) is 7.77. The second-order valence-electron chi connectivity index (χ2n) is 9.67. The molecule has 0 aromatic carbocycles. The first-order chi connectivity index (χ1) is 14.7. The van der Waals surface area contributed by atoms with Gasteiger partial charge in [-0.25, -0.2) is 9.97 Å². The normalized spacial score (nSPS) is 32.5. The van der Waals surface area contributed by atoms with Crippen LogP contribution >= 0.6 is 0 Å². The Labute approximate surface area is 178 Å². The maximum absolute atomic E-state index is 13.3. The molecule has 3 saturated heterocycles. The Morgan fingerprint density at radius 1 is 1.26 bits per heavy atom. The minimum Gasteiger partial charge on any atom is -0.383 e. The number of anilines is 1. The van der Waals surface area contributed by atoms with Gasteiger partial charge in [0.15, 0.2) is 0 Å². The molecule has 7 rings (SSSR count). The lowest BCUT2D eigenvalue weighted by Crippen LogP contribution is -2.39. The Balaban J connectivity index is 1.35. The molecule has 6 nitrogen and oxygen atoms in total. The quantitative estimate of drug-likeness (QED) is 0.800. The second-order valence-corrected chi connectivity index (χ2v) is 9.67. The summed E-state index contributed by atoms with van der Waals surface area (Å²) in [6.07, 6.45) is 0.949. The summed E-state index contributed by atoms with van der Waals surface area (Å²) in [5, 5.41) is 0. The zero-order chi connectivity index (χ0) is 21.7. The Morgan fingerprint density at radius 2 is 2.00 bits per heavy atom. The molecule has 2 aromatic rings. The number of ether oxygens (including phenoxy) is 1. The molecule has 4 atom stereocenters. The van der Waals surface area contributed by atoms with Gasteiger partial charge in [-0.05, 0) is 18.9 Å². The van der Waals surface area contributed by atoms with E-state index in [0.29, 0.717) is 35.2 Å². The lowest BCUT2D eigenvalue weighted by molar-refractivity contribution is -0.137. The number of rotatable bonds is 4. The van der Waals surface area contributed by atoms with Crippen LogP contribution in [-0.4, -0.2) is 51.3 Å². The summed E-state index contributed by atoms with van der Waals surface area (Å²) in [7, 11) is 0. The molecule has 2 aliphatic carbocycles. The van der Waals surface area contributed by atoms with Crippen molar-refractivity contribution in [2.24, 2.45) is 11.8 Å². The number of piperidine rings is 1. The molecule has 2 saturated carbocycles. The van der Waals surface area contributed by atoms with Gasteiger partial charge >= 0.3 is 6.18 Å². The topological polar surface area (TPSA) is 69.2 Å². The fourth-order valence-corrected chi connectivity index (χ4v) is 6.26. The van der Waals surface area contributed by atoms with Crippen LogP contribution in [0.3, 0.4) is 0 Å². The van der Waals surface area contributed by atoms with E-state index < -0.39 is 17.6 Å². The molecule has 2 bridgehead atoms. The fraction of sp³-hybridized carbons (Fsp3) is 0.636. The molecule has 5 aliphatic rings. The highest BCUT2D eigenvalue weighted by Gasteiger charge is 2.94. The number of imidazole rings is 1. The van der Waals surface area contributed by atoms with Crippen LogP contribution in [0.4, 0.5) is 19.0 Å². The van der Waals surface area contributed by atoms with Crippen molar-refractivity contribution in [2.75, 3.05) is 25.5 Å². The van der Waals surface area contributed by atoms with E-state index in [1.807, 2.05) is 6.20 Å². The van der Waals surface area contributed by atoms with Gasteiger partial charge in [-0.3, -0.25) is 4.90 Å². The van der Waals surface area contributed by atoms with Crippen LogP contribution in [0, 0.1) is 11.8 Å². The molecule has 0 amide bonds. The van der Waals surface area contributed by atoms with Gasteiger partial charge in [-0.15, -0.1) is 0 Å². The number of aromatic nitrogens is 3. The van der Waals surface area contributed by atoms with Gasteiger partial charge in [0, 0.05) is 67.6 Å². The molecule has 2 aromatic heterocycles. The van der Waals surface area contributed by atoms with Crippen LogP contribution in [-0.2, 0) is 16.5 Å². The molecule has 1 unspecified atom stereocenters. The van der Waals surface area contributed by atoms with E-state index in [9.17, 15) is 13.2 Å². The van der Waals surface area contributed by atoms with E-state index in [0.717, 1.165) is 44.5 Å². The molecular formula is C22H26F3N5O. The molecule has 0 spiro atoms. The lowest BCUT2D eigenvalue weighted by atomic mass is 10.1. The number of pyridine rings is 1. The minimum atomic E-state index is -4.55. The summed E-state index contributed by atoms with van der Waals surface area (Å²) in [6.45, 7) is 6.93. The molecule has 2 N–H and O–H groups in total. The van der Waals surface area contributed by atoms with Gasteiger partial charge in [0.2, 0.25) is 0 Å². The third kappa shape index (κ3) is 2.59. The van der Waals surface area contributed by atoms with E-state index in [4.69, 9.17) is 15.5 Å². The summed E-state index contributed by atoms with van der Waals surface area (Å²) in [5.41, 5.74) is 5.54. The highest BCUT2D eigenvalue weighted by atomic mass is 19.4. The summed E-state index contributed by atoms with van der Waals surface area (Å²) >= 11 is 0. The number of alkyl halides is 3. The first-order valence-electron chi connectivity index (χ1n) is 11.0. The molecule has 166 valence electrons. The first-order valence-corrected chi connectivity index (χ1v) is 11.0. The van der Waals surface area contributed by atoms with Crippen LogP contribution in [0.15, 0.2) is 18.5 Å². The SMILES string of the molecule is CC(C)c1nc(-c2cnc(N)c(C(F)(F)F)c2)cn1[C@]12C3[C@@H]1[C@@H]2CN3C1CCOCC1. The van der Waals surface area contributed by atoms with Crippen molar-refractivity contribution < 1.29 is 17.9 Å². The van der Waals surface area contributed by atoms with E-state index in [2.05, 4.69) is 28.3 Å². The zero-order valence-corrected chi connectivity index (χ0v) is 17.6.